The molecule has 0 saturated heterocycles. The van der Waals surface area contributed by atoms with Crippen molar-refractivity contribution in [1.29, 1.82) is 0 Å². The Kier molecular flexibility index (Phi) is 4.93. The van der Waals surface area contributed by atoms with E-state index in [2.05, 4.69) is 10.5 Å². The first kappa shape index (κ1) is 14.6. The van der Waals surface area contributed by atoms with E-state index in [9.17, 15) is 4.79 Å². The second kappa shape index (κ2) is 7.09. The molecule has 0 amide bonds. The maximum Gasteiger partial charge on any atom is 0.341 e. The van der Waals surface area contributed by atoms with Gasteiger partial charge in [0.2, 0.25) is 0 Å². The fraction of sp³-hybridized carbons (Fsp3) is 0.125. The van der Waals surface area contributed by atoms with Gasteiger partial charge in [-0.05, 0) is 48.9 Å². The number of nitrogens with one attached hydrogen (secondary N) is 1. The molecule has 0 bridgehead atoms. The highest BCUT2D eigenvalue weighted by atomic mass is 16.5. The zero-order chi connectivity index (χ0) is 15.1. The summed E-state index contributed by atoms with van der Waals surface area (Å²) in [6.07, 6.45) is 1.68. The summed E-state index contributed by atoms with van der Waals surface area (Å²) in [6, 6.07) is 14.9. The number of carbonyl (C=O) groups is 1. The van der Waals surface area contributed by atoms with E-state index >= 15 is 0 Å². The Morgan fingerprint density at radius 3 is 2.48 bits per heavy atom. The van der Waals surface area contributed by atoms with Crippen LogP contribution in [-0.2, 0) is 4.79 Å². The third-order valence-electron chi connectivity index (χ3n) is 2.70. The molecule has 2 N–H and O–H groups in total. The molecule has 5 heteroatoms. The molecular formula is C16H16N2O3. The topological polar surface area (TPSA) is 70.9 Å². The molecule has 0 saturated carbocycles. The van der Waals surface area contributed by atoms with E-state index in [4.69, 9.17) is 9.84 Å². The number of aryl methyl sites for hydroxylation is 1. The Balaban J connectivity index is 1.89. The van der Waals surface area contributed by atoms with Gasteiger partial charge in [0.25, 0.3) is 0 Å². The van der Waals surface area contributed by atoms with Crippen molar-refractivity contribution in [3.63, 3.8) is 0 Å². The van der Waals surface area contributed by atoms with Crippen LogP contribution in [0.15, 0.2) is 53.6 Å². The fourth-order valence-corrected chi connectivity index (χ4v) is 1.60. The Hall–Kier alpha value is -2.82. The number of hydrogen-bond donors (Lipinski definition) is 2. The molecule has 5 nitrogen and oxygen atoms in total. The number of benzene rings is 2. The summed E-state index contributed by atoms with van der Waals surface area (Å²) in [5.74, 6) is -0.482. The quantitative estimate of drug-likeness (QED) is 0.632. The van der Waals surface area contributed by atoms with Gasteiger partial charge in [0, 0.05) is 0 Å². The minimum atomic E-state index is -0.997. The number of anilines is 1. The van der Waals surface area contributed by atoms with Crippen LogP contribution in [0.5, 0.6) is 5.75 Å². The molecule has 0 aliphatic carbocycles. The van der Waals surface area contributed by atoms with Crippen LogP contribution in [0.4, 0.5) is 5.69 Å². The zero-order valence-corrected chi connectivity index (χ0v) is 11.6. The fourth-order valence-electron chi connectivity index (χ4n) is 1.60. The molecule has 0 aliphatic heterocycles. The van der Waals surface area contributed by atoms with Crippen LogP contribution in [0, 0.1) is 6.92 Å². The third kappa shape index (κ3) is 4.99. The Bertz CT molecular complexity index is 619. The van der Waals surface area contributed by atoms with E-state index in [1.54, 1.807) is 30.5 Å². The number of rotatable bonds is 6. The predicted molar refractivity (Wildman–Crippen MR) is 82.0 cm³/mol. The van der Waals surface area contributed by atoms with Gasteiger partial charge in [0.15, 0.2) is 6.61 Å². The van der Waals surface area contributed by atoms with E-state index in [1.807, 2.05) is 31.2 Å². The van der Waals surface area contributed by atoms with Crippen LogP contribution in [0.1, 0.15) is 11.1 Å². The van der Waals surface area contributed by atoms with Crippen LogP contribution in [-0.4, -0.2) is 23.9 Å². The maximum atomic E-state index is 10.4. The summed E-state index contributed by atoms with van der Waals surface area (Å²) in [5.41, 5.74) is 5.93. The van der Waals surface area contributed by atoms with Crippen molar-refractivity contribution >= 4 is 17.9 Å². The standard InChI is InChI=1S/C16H16N2O3/c1-12-2-6-14(7-3-12)18-17-10-13-4-8-15(9-5-13)21-11-16(19)20/h2-10,18H,11H2,1H3,(H,19,20)/b17-10-. The smallest absolute Gasteiger partial charge is 0.341 e. The van der Waals surface area contributed by atoms with Crippen molar-refractivity contribution in [2.24, 2.45) is 5.10 Å². The van der Waals surface area contributed by atoms with Crippen molar-refractivity contribution in [3.05, 3.63) is 59.7 Å². The monoisotopic (exact) mass is 284 g/mol. The summed E-state index contributed by atoms with van der Waals surface area (Å²) in [7, 11) is 0. The summed E-state index contributed by atoms with van der Waals surface area (Å²) in [4.78, 5) is 10.4. The third-order valence-corrected chi connectivity index (χ3v) is 2.70. The van der Waals surface area contributed by atoms with Crippen molar-refractivity contribution in [1.82, 2.24) is 0 Å². The number of aliphatic carboxylic acids is 1. The summed E-state index contributed by atoms with van der Waals surface area (Å²) in [6.45, 7) is 1.68. The molecule has 108 valence electrons. The van der Waals surface area contributed by atoms with Gasteiger partial charge in [-0.15, -0.1) is 0 Å². The van der Waals surface area contributed by atoms with Gasteiger partial charge in [0.1, 0.15) is 5.75 Å². The highest BCUT2D eigenvalue weighted by Crippen LogP contribution is 2.11. The summed E-state index contributed by atoms with van der Waals surface area (Å²) < 4.78 is 5.05. The SMILES string of the molecule is Cc1ccc(N/N=C\c2ccc(OCC(=O)O)cc2)cc1. The van der Waals surface area contributed by atoms with Crippen LogP contribution in [0.25, 0.3) is 0 Å². The van der Waals surface area contributed by atoms with Crippen molar-refractivity contribution in [2.75, 3.05) is 12.0 Å². The summed E-state index contributed by atoms with van der Waals surface area (Å²) in [5, 5.41) is 12.7. The van der Waals surface area contributed by atoms with Crippen LogP contribution >= 0.6 is 0 Å². The molecule has 0 spiro atoms. The molecule has 0 heterocycles. The van der Waals surface area contributed by atoms with Gasteiger partial charge in [-0.25, -0.2) is 4.79 Å². The normalized spacial score (nSPS) is 10.5. The van der Waals surface area contributed by atoms with Crippen LogP contribution in [0.2, 0.25) is 0 Å². The van der Waals surface area contributed by atoms with Gasteiger partial charge in [-0.3, -0.25) is 5.43 Å². The van der Waals surface area contributed by atoms with Gasteiger partial charge < -0.3 is 9.84 Å². The first-order valence-electron chi connectivity index (χ1n) is 6.44. The molecule has 2 rings (SSSR count). The maximum absolute atomic E-state index is 10.4. The molecule has 0 aliphatic rings. The second-order valence-corrected chi connectivity index (χ2v) is 4.49. The number of hydrazone groups is 1. The lowest BCUT2D eigenvalue weighted by Gasteiger charge is -2.03. The lowest BCUT2D eigenvalue weighted by molar-refractivity contribution is -0.139. The highest BCUT2D eigenvalue weighted by Gasteiger charge is 1.98. The number of nitrogens with zero attached hydrogens (tertiary/aromatic N) is 1. The molecule has 0 atom stereocenters. The van der Waals surface area contributed by atoms with E-state index in [0.717, 1.165) is 11.3 Å². The van der Waals surface area contributed by atoms with Gasteiger partial charge in [-0.1, -0.05) is 17.7 Å². The van der Waals surface area contributed by atoms with Crippen LogP contribution < -0.4 is 10.2 Å². The average molecular weight is 284 g/mol. The lowest BCUT2D eigenvalue weighted by atomic mass is 10.2. The van der Waals surface area contributed by atoms with Crippen molar-refractivity contribution < 1.29 is 14.6 Å². The molecule has 2 aromatic rings. The van der Waals surface area contributed by atoms with E-state index < -0.39 is 5.97 Å². The number of carboxylic acid groups (broad SMARTS) is 1. The van der Waals surface area contributed by atoms with E-state index in [0.29, 0.717) is 5.75 Å². The largest absolute Gasteiger partial charge is 0.482 e. The van der Waals surface area contributed by atoms with Crippen LogP contribution in [0.3, 0.4) is 0 Å². The number of hydrogen-bond acceptors (Lipinski definition) is 4. The minimum absolute atomic E-state index is 0.345. The molecule has 2 aromatic carbocycles. The number of carboxylic acids is 1. The molecule has 0 unspecified atom stereocenters. The number of ether oxygens (including phenoxy) is 1. The minimum Gasteiger partial charge on any atom is -0.482 e. The Morgan fingerprint density at radius 1 is 1.19 bits per heavy atom. The first-order valence-corrected chi connectivity index (χ1v) is 6.44. The van der Waals surface area contributed by atoms with Gasteiger partial charge in [0.05, 0.1) is 11.9 Å². The van der Waals surface area contributed by atoms with Gasteiger partial charge in [-0.2, -0.15) is 5.10 Å². The lowest BCUT2D eigenvalue weighted by Crippen LogP contribution is -2.09. The molecule has 21 heavy (non-hydrogen) atoms. The first-order chi connectivity index (χ1) is 10.1. The predicted octanol–water partition coefficient (Wildman–Crippen LogP) is 2.90. The van der Waals surface area contributed by atoms with Gasteiger partial charge >= 0.3 is 5.97 Å². The molecule has 0 fully saturated rings. The Morgan fingerprint density at radius 2 is 1.86 bits per heavy atom. The Labute approximate surface area is 122 Å². The molecule has 0 radical (unpaired) electrons. The summed E-state index contributed by atoms with van der Waals surface area (Å²) >= 11 is 0. The van der Waals surface area contributed by atoms with E-state index in [1.165, 1.54) is 5.56 Å². The van der Waals surface area contributed by atoms with Crippen molar-refractivity contribution in [3.8, 4) is 5.75 Å². The highest BCUT2D eigenvalue weighted by molar-refractivity contribution is 5.80. The molecular weight excluding hydrogens is 268 g/mol. The second-order valence-electron chi connectivity index (χ2n) is 4.49. The average Bonchev–Trinajstić information content (AvgIpc) is 2.48. The van der Waals surface area contributed by atoms with E-state index in [-0.39, 0.29) is 6.61 Å². The molecule has 0 aromatic heterocycles. The zero-order valence-electron chi connectivity index (χ0n) is 11.6. The van der Waals surface area contributed by atoms with Crippen molar-refractivity contribution in [2.45, 2.75) is 6.92 Å².